The molecule has 0 atom stereocenters. The fourth-order valence-electron chi connectivity index (χ4n) is 2.25. The highest BCUT2D eigenvalue weighted by molar-refractivity contribution is 6.74. The van der Waals surface area contributed by atoms with Crippen molar-refractivity contribution in [1.29, 1.82) is 0 Å². The standard InChI is InChI=1S/C20H29NOSi/c1-20(2,3)23(4,5)22-15-18-12-7-6-10-16(18)14-17-11-8-9-13-19(17)21/h6-13H,14-15,21H2,1-5H3. The normalized spacial score (nSPS) is 12.4. The molecule has 0 aliphatic heterocycles. The molecular weight excluding hydrogens is 298 g/mol. The van der Waals surface area contributed by atoms with Crippen LogP contribution in [0.3, 0.4) is 0 Å². The summed E-state index contributed by atoms with van der Waals surface area (Å²) in [5, 5.41) is 0.228. The van der Waals surface area contributed by atoms with E-state index in [4.69, 9.17) is 10.2 Å². The number of benzene rings is 2. The molecule has 0 unspecified atom stereocenters. The average Bonchev–Trinajstić information content (AvgIpc) is 2.47. The van der Waals surface area contributed by atoms with Gasteiger partial charge in [-0.1, -0.05) is 63.2 Å². The third kappa shape index (κ3) is 4.46. The molecule has 23 heavy (non-hydrogen) atoms. The third-order valence-corrected chi connectivity index (χ3v) is 9.43. The van der Waals surface area contributed by atoms with Gasteiger partial charge in [0.15, 0.2) is 8.32 Å². The van der Waals surface area contributed by atoms with E-state index < -0.39 is 8.32 Å². The largest absolute Gasteiger partial charge is 0.413 e. The van der Waals surface area contributed by atoms with Gasteiger partial charge in [0.2, 0.25) is 0 Å². The Labute approximate surface area is 141 Å². The number of anilines is 1. The molecule has 0 amide bonds. The number of nitrogen functional groups attached to an aromatic ring is 1. The van der Waals surface area contributed by atoms with Gasteiger partial charge in [0.1, 0.15) is 0 Å². The Bertz CT molecular complexity index is 659. The predicted octanol–water partition coefficient (Wildman–Crippen LogP) is 5.38. The first-order valence-electron chi connectivity index (χ1n) is 8.25. The van der Waals surface area contributed by atoms with Gasteiger partial charge in [0.05, 0.1) is 6.61 Å². The first kappa shape index (κ1) is 17.8. The minimum absolute atomic E-state index is 0.228. The van der Waals surface area contributed by atoms with E-state index in [9.17, 15) is 0 Å². The summed E-state index contributed by atoms with van der Waals surface area (Å²) in [5.41, 5.74) is 10.7. The summed E-state index contributed by atoms with van der Waals surface area (Å²) in [7, 11) is -1.74. The quantitative estimate of drug-likeness (QED) is 0.591. The zero-order valence-corrected chi connectivity index (χ0v) is 16.0. The highest BCUT2D eigenvalue weighted by Gasteiger charge is 2.37. The molecule has 0 aromatic heterocycles. The molecule has 0 aliphatic carbocycles. The first-order chi connectivity index (χ1) is 10.7. The lowest BCUT2D eigenvalue weighted by Crippen LogP contribution is -2.40. The van der Waals surface area contributed by atoms with E-state index in [1.807, 2.05) is 18.2 Å². The zero-order chi connectivity index (χ0) is 17.1. The molecule has 0 bridgehead atoms. The Kier molecular flexibility index (Phi) is 5.32. The molecule has 0 spiro atoms. The van der Waals surface area contributed by atoms with Crippen molar-refractivity contribution in [3.8, 4) is 0 Å². The maximum atomic E-state index is 6.40. The van der Waals surface area contributed by atoms with Gasteiger partial charge in [0.25, 0.3) is 0 Å². The SMILES string of the molecule is CC(C)(C)[Si](C)(C)OCc1ccccc1Cc1ccccc1N. The molecule has 0 fully saturated rings. The van der Waals surface area contributed by atoms with E-state index in [2.05, 4.69) is 64.2 Å². The molecule has 0 saturated heterocycles. The summed E-state index contributed by atoms with van der Waals surface area (Å²) in [5.74, 6) is 0. The Morgan fingerprint density at radius 2 is 1.39 bits per heavy atom. The van der Waals surface area contributed by atoms with E-state index in [1.54, 1.807) is 0 Å². The van der Waals surface area contributed by atoms with Crippen LogP contribution < -0.4 is 5.73 Å². The lowest BCUT2D eigenvalue weighted by atomic mass is 9.99. The van der Waals surface area contributed by atoms with E-state index in [-0.39, 0.29) is 5.04 Å². The summed E-state index contributed by atoms with van der Waals surface area (Å²) in [4.78, 5) is 0. The smallest absolute Gasteiger partial charge is 0.192 e. The second-order valence-electron chi connectivity index (χ2n) is 7.69. The Morgan fingerprint density at radius 3 is 1.96 bits per heavy atom. The Hall–Kier alpha value is -1.58. The van der Waals surface area contributed by atoms with E-state index in [0.29, 0.717) is 6.61 Å². The predicted molar refractivity (Wildman–Crippen MR) is 102 cm³/mol. The van der Waals surface area contributed by atoms with Gasteiger partial charge in [-0.15, -0.1) is 0 Å². The molecular formula is C20H29NOSi. The van der Waals surface area contributed by atoms with Gasteiger partial charge in [-0.3, -0.25) is 0 Å². The van der Waals surface area contributed by atoms with Crippen LogP contribution in [-0.4, -0.2) is 8.32 Å². The lowest BCUT2D eigenvalue weighted by molar-refractivity contribution is 0.275. The third-order valence-electron chi connectivity index (χ3n) is 4.95. The second-order valence-corrected chi connectivity index (χ2v) is 12.5. The molecule has 0 radical (unpaired) electrons. The fraction of sp³-hybridized carbons (Fsp3) is 0.400. The molecule has 0 aliphatic rings. The van der Waals surface area contributed by atoms with Crippen LogP contribution >= 0.6 is 0 Å². The maximum absolute atomic E-state index is 6.40. The van der Waals surface area contributed by atoms with E-state index >= 15 is 0 Å². The van der Waals surface area contributed by atoms with Crippen molar-refractivity contribution in [1.82, 2.24) is 0 Å². The minimum atomic E-state index is -1.74. The highest BCUT2D eigenvalue weighted by atomic mass is 28.4. The van der Waals surface area contributed by atoms with Crippen LogP contribution in [0.25, 0.3) is 0 Å². The molecule has 2 aromatic rings. The van der Waals surface area contributed by atoms with Crippen molar-refractivity contribution in [2.24, 2.45) is 0 Å². The topological polar surface area (TPSA) is 35.2 Å². The average molecular weight is 328 g/mol. The highest BCUT2D eigenvalue weighted by Crippen LogP contribution is 2.37. The minimum Gasteiger partial charge on any atom is -0.413 e. The number of para-hydroxylation sites is 1. The van der Waals surface area contributed by atoms with Crippen molar-refractivity contribution in [2.75, 3.05) is 5.73 Å². The van der Waals surface area contributed by atoms with Crippen molar-refractivity contribution in [3.05, 3.63) is 65.2 Å². The van der Waals surface area contributed by atoms with Crippen molar-refractivity contribution >= 4 is 14.0 Å². The number of rotatable bonds is 5. The summed E-state index contributed by atoms with van der Waals surface area (Å²) < 4.78 is 6.40. The molecule has 0 saturated carbocycles. The van der Waals surface area contributed by atoms with Crippen LogP contribution in [0.2, 0.25) is 18.1 Å². The molecule has 2 nitrogen and oxygen atoms in total. The molecule has 2 N–H and O–H groups in total. The van der Waals surface area contributed by atoms with Crippen LogP contribution in [0.5, 0.6) is 0 Å². The van der Waals surface area contributed by atoms with Gasteiger partial charge < -0.3 is 10.2 Å². The first-order valence-corrected chi connectivity index (χ1v) is 11.2. The van der Waals surface area contributed by atoms with Crippen LogP contribution in [0.4, 0.5) is 5.69 Å². The summed E-state index contributed by atoms with van der Waals surface area (Å²) >= 11 is 0. The van der Waals surface area contributed by atoms with Crippen molar-refractivity contribution < 1.29 is 4.43 Å². The van der Waals surface area contributed by atoms with Crippen LogP contribution in [0, 0.1) is 0 Å². The maximum Gasteiger partial charge on any atom is 0.192 e. The second kappa shape index (κ2) is 6.89. The van der Waals surface area contributed by atoms with E-state index in [1.165, 1.54) is 16.7 Å². The van der Waals surface area contributed by atoms with Gasteiger partial charge in [-0.2, -0.15) is 0 Å². The van der Waals surface area contributed by atoms with Gasteiger partial charge in [0, 0.05) is 5.69 Å². The van der Waals surface area contributed by atoms with Crippen molar-refractivity contribution in [2.45, 2.75) is 51.9 Å². The van der Waals surface area contributed by atoms with Crippen molar-refractivity contribution in [3.63, 3.8) is 0 Å². The van der Waals surface area contributed by atoms with Crippen LogP contribution in [0.15, 0.2) is 48.5 Å². The van der Waals surface area contributed by atoms with Gasteiger partial charge in [-0.25, -0.2) is 0 Å². The number of hydrogen-bond acceptors (Lipinski definition) is 2. The molecule has 0 heterocycles. The Morgan fingerprint density at radius 1 is 0.870 bits per heavy atom. The number of hydrogen-bond donors (Lipinski definition) is 1. The monoisotopic (exact) mass is 327 g/mol. The summed E-state index contributed by atoms with van der Waals surface area (Å²) in [6.07, 6.45) is 0.851. The number of nitrogens with two attached hydrogens (primary N) is 1. The summed E-state index contributed by atoms with van der Waals surface area (Å²) in [6, 6.07) is 16.6. The van der Waals surface area contributed by atoms with Crippen LogP contribution in [-0.2, 0) is 17.5 Å². The molecule has 2 rings (SSSR count). The zero-order valence-electron chi connectivity index (χ0n) is 15.0. The summed E-state index contributed by atoms with van der Waals surface area (Å²) in [6.45, 7) is 12.1. The van der Waals surface area contributed by atoms with Crippen LogP contribution in [0.1, 0.15) is 37.5 Å². The van der Waals surface area contributed by atoms with Gasteiger partial charge >= 0.3 is 0 Å². The molecule has 124 valence electrons. The Balaban J connectivity index is 2.17. The van der Waals surface area contributed by atoms with E-state index in [0.717, 1.165) is 12.1 Å². The molecule has 3 heteroatoms. The lowest BCUT2D eigenvalue weighted by Gasteiger charge is -2.36. The molecule has 2 aromatic carbocycles. The fourth-order valence-corrected chi connectivity index (χ4v) is 3.20. The van der Waals surface area contributed by atoms with Gasteiger partial charge in [-0.05, 0) is 47.3 Å².